The molecule has 1 aromatic rings. The lowest BCUT2D eigenvalue weighted by Gasteiger charge is -2.13. The minimum atomic E-state index is -0.245. The van der Waals surface area contributed by atoms with Crippen LogP contribution in [0.2, 0.25) is 0 Å². The van der Waals surface area contributed by atoms with Crippen molar-refractivity contribution in [3.8, 4) is 11.5 Å². The van der Waals surface area contributed by atoms with E-state index in [-0.39, 0.29) is 11.8 Å². The molecule has 0 spiro atoms. The van der Waals surface area contributed by atoms with Crippen LogP contribution >= 0.6 is 11.6 Å². The minimum Gasteiger partial charge on any atom is -0.490 e. The van der Waals surface area contributed by atoms with Crippen molar-refractivity contribution in [2.24, 2.45) is 0 Å². The van der Waals surface area contributed by atoms with Crippen LogP contribution in [0.1, 0.15) is 26.7 Å². The highest BCUT2D eigenvalue weighted by Gasteiger charge is 2.08. The fourth-order valence-corrected chi connectivity index (χ4v) is 1.50. The Kier molecular flexibility index (Phi) is 7.11. The Morgan fingerprint density at radius 1 is 1.16 bits per heavy atom. The van der Waals surface area contributed by atoms with Gasteiger partial charge in [0.25, 0.3) is 0 Å². The molecule has 19 heavy (non-hydrogen) atoms. The summed E-state index contributed by atoms with van der Waals surface area (Å²) in [7, 11) is 0. The van der Waals surface area contributed by atoms with Crippen LogP contribution < -0.4 is 14.8 Å². The third-order valence-electron chi connectivity index (χ3n) is 2.27. The Bertz CT molecular complexity index is 410. The first-order valence-electron chi connectivity index (χ1n) is 6.46. The Hall–Kier alpha value is -1.42. The van der Waals surface area contributed by atoms with Gasteiger partial charge in [0.1, 0.15) is 5.88 Å². The zero-order chi connectivity index (χ0) is 14.1. The predicted molar refractivity (Wildman–Crippen MR) is 77.4 cm³/mol. The highest BCUT2D eigenvalue weighted by Crippen LogP contribution is 2.30. The average molecular weight is 286 g/mol. The molecule has 1 aromatic carbocycles. The molecule has 0 fully saturated rings. The highest BCUT2D eigenvalue weighted by molar-refractivity contribution is 6.29. The second-order valence-electron chi connectivity index (χ2n) is 4.04. The summed E-state index contributed by atoms with van der Waals surface area (Å²) in [6.45, 7) is 5.32. The second kappa shape index (κ2) is 8.64. The van der Waals surface area contributed by atoms with Gasteiger partial charge >= 0.3 is 0 Å². The summed E-state index contributed by atoms with van der Waals surface area (Å²) < 4.78 is 11.2. The fourth-order valence-electron chi connectivity index (χ4n) is 1.44. The van der Waals surface area contributed by atoms with E-state index in [0.717, 1.165) is 12.8 Å². The summed E-state index contributed by atoms with van der Waals surface area (Å²) in [6.07, 6.45) is 1.84. The molecule has 106 valence electrons. The predicted octanol–water partition coefficient (Wildman–Crippen LogP) is 3.44. The van der Waals surface area contributed by atoms with Crippen molar-refractivity contribution in [1.82, 2.24) is 0 Å². The summed E-state index contributed by atoms with van der Waals surface area (Å²) in [5, 5.41) is 2.69. The van der Waals surface area contributed by atoms with E-state index in [1.165, 1.54) is 0 Å². The van der Waals surface area contributed by atoms with Crippen LogP contribution in [0.15, 0.2) is 18.2 Å². The van der Waals surface area contributed by atoms with E-state index in [4.69, 9.17) is 21.1 Å². The van der Waals surface area contributed by atoms with Crippen molar-refractivity contribution in [1.29, 1.82) is 0 Å². The quantitative estimate of drug-likeness (QED) is 0.744. The van der Waals surface area contributed by atoms with Crippen LogP contribution in [0.25, 0.3) is 0 Å². The summed E-state index contributed by atoms with van der Waals surface area (Å²) in [6, 6.07) is 5.32. The molecule has 5 heteroatoms. The van der Waals surface area contributed by atoms with Gasteiger partial charge in [0.2, 0.25) is 5.91 Å². The third kappa shape index (κ3) is 5.39. The molecule has 0 unspecified atom stereocenters. The monoisotopic (exact) mass is 285 g/mol. The molecule has 0 saturated carbocycles. The van der Waals surface area contributed by atoms with Gasteiger partial charge in [-0.05, 0) is 25.0 Å². The van der Waals surface area contributed by atoms with Gasteiger partial charge in [-0.2, -0.15) is 0 Å². The molecular formula is C14H20ClNO3. The second-order valence-corrected chi connectivity index (χ2v) is 4.31. The largest absolute Gasteiger partial charge is 0.490 e. The van der Waals surface area contributed by atoms with Crippen molar-refractivity contribution in [3.63, 3.8) is 0 Å². The molecule has 0 aliphatic carbocycles. The van der Waals surface area contributed by atoms with Crippen LogP contribution in [-0.4, -0.2) is 25.0 Å². The molecule has 0 aliphatic heterocycles. The van der Waals surface area contributed by atoms with Crippen LogP contribution in [0.4, 0.5) is 5.69 Å². The summed E-state index contributed by atoms with van der Waals surface area (Å²) in [4.78, 5) is 11.2. The molecule has 0 aliphatic rings. The molecule has 1 amide bonds. The van der Waals surface area contributed by atoms with Gasteiger partial charge in [0.15, 0.2) is 11.5 Å². The van der Waals surface area contributed by atoms with E-state index in [1.807, 2.05) is 13.8 Å². The SMILES string of the molecule is CCCOc1ccc(NC(=O)CCl)cc1OCCC. The van der Waals surface area contributed by atoms with Gasteiger partial charge < -0.3 is 14.8 Å². The summed E-state index contributed by atoms with van der Waals surface area (Å²) >= 11 is 5.46. The first-order chi connectivity index (χ1) is 9.21. The van der Waals surface area contributed by atoms with Crippen molar-refractivity contribution in [3.05, 3.63) is 18.2 Å². The summed E-state index contributed by atoms with van der Waals surface area (Å²) in [5.74, 6) is 1.02. The number of carbonyl (C=O) groups is 1. The molecule has 0 aromatic heterocycles. The number of anilines is 1. The van der Waals surface area contributed by atoms with Gasteiger partial charge in [0.05, 0.1) is 13.2 Å². The van der Waals surface area contributed by atoms with Crippen molar-refractivity contribution >= 4 is 23.2 Å². The van der Waals surface area contributed by atoms with Crippen molar-refractivity contribution in [2.75, 3.05) is 24.4 Å². The normalized spacial score (nSPS) is 10.1. The van der Waals surface area contributed by atoms with E-state index >= 15 is 0 Å². The zero-order valence-electron chi connectivity index (χ0n) is 11.4. The number of rotatable bonds is 8. The molecule has 0 atom stereocenters. The molecule has 1 N–H and O–H groups in total. The van der Waals surface area contributed by atoms with E-state index in [1.54, 1.807) is 18.2 Å². The van der Waals surface area contributed by atoms with Gasteiger partial charge in [-0.1, -0.05) is 13.8 Å². The smallest absolute Gasteiger partial charge is 0.239 e. The van der Waals surface area contributed by atoms with Crippen LogP contribution in [-0.2, 0) is 4.79 Å². The first-order valence-corrected chi connectivity index (χ1v) is 7.00. The van der Waals surface area contributed by atoms with E-state index in [9.17, 15) is 4.79 Å². The lowest BCUT2D eigenvalue weighted by atomic mass is 10.2. The summed E-state index contributed by atoms with van der Waals surface area (Å²) in [5.41, 5.74) is 0.653. The zero-order valence-corrected chi connectivity index (χ0v) is 12.1. The molecule has 0 heterocycles. The van der Waals surface area contributed by atoms with Gasteiger partial charge in [-0.3, -0.25) is 4.79 Å². The van der Waals surface area contributed by atoms with Gasteiger partial charge in [-0.15, -0.1) is 11.6 Å². The lowest BCUT2D eigenvalue weighted by molar-refractivity contribution is -0.113. The number of benzene rings is 1. The van der Waals surface area contributed by atoms with Crippen LogP contribution in [0, 0.1) is 0 Å². The topological polar surface area (TPSA) is 47.6 Å². The van der Waals surface area contributed by atoms with Crippen LogP contribution in [0.3, 0.4) is 0 Å². The number of hydrogen-bond donors (Lipinski definition) is 1. The molecule has 1 rings (SSSR count). The maximum absolute atomic E-state index is 11.2. The maximum Gasteiger partial charge on any atom is 0.239 e. The fraction of sp³-hybridized carbons (Fsp3) is 0.500. The minimum absolute atomic E-state index is 0.0702. The maximum atomic E-state index is 11.2. The number of ether oxygens (including phenoxy) is 2. The number of alkyl halides is 1. The number of halogens is 1. The van der Waals surface area contributed by atoms with Gasteiger partial charge in [0, 0.05) is 11.8 Å². The van der Waals surface area contributed by atoms with E-state index in [2.05, 4.69) is 5.32 Å². The van der Waals surface area contributed by atoms with Gasteiger partial charge in [-0.25, -0.2) is 0 Å². The highest BCUT2D eigenvalue weighted by atomic mass is 35.5. The van der Waals surface area contributed by atoms with Crippen LogP contribution in [0.5, 0.6) is 11.5 Å². The number of nitrogens with one attached hydrogen (secondary N) is 1. The molecular weight excluding hydrogens is 266 g/mol. The molecule has 4 nitrogen and oxygen atoms in total. The number of hydrogen-bond acceptors (Lipinski definition) is 3. The number of carbonyl (C=O) groups excluding carboxylic acids is 1. The Morgan fingerprint density at radius 3 is 2.37 bits per heavy atom. The Morgan fingerprint density at radius 2 is 1.79 bits per heavy atom. The third-order valence-corrected chi connectivity index (χ3v) is 2.51. The molecule has 0 bridgehead atoms. The number of amides is 1. The first kappa shape index (κ1) is 15.6. The van der Waals surface area contributed by atoms with Crippen molar-refractivity contribution < 1.29 is 14.3 Å². The Balaban J connectivity index is 2.83. The molecule has 0 radical (unpaired) electrons. The average Bonchev–Trinajstić information content (AvgIpc) is 2.43. The standard InChI is InChI=1S/C14H20ClNO3/c1-3-7-18-12-6-5-11(16-14(17)10-15)9-13(12)19-8-4-2/h5-6,9H,3-4,7-8,10H2,1-2H3,(H,16,17). The van der Waals surface area contributed by atoms with Crippen molar-refractivity contribution in [2.45, 2.75) is 26.7 Å². The lowest BCUT2D eigenvalue weighted by Crippen LogP contribution is -2.12. The van der Waals surface area contributed by atoms with E-state index in [0.29, 0.717) is 30.4 Å². The Labute approximate surface area is 119 Å². The molecule has 0 saturated heterocycles. The van der Waals surface area contributed by atoms with E-state index < -0.39 is 0 Å².